The minimum atomic E-state index is -0.652. The number of nitrogens with zero attached hydrogens (tertiary/aromatic N) is 1. The molecule has 5 nitrogen and oxygen atoms in total. The van der Waals surface area contributed by atoms with Gasteiger partial charge in [0.1, 0.15) is 5.57 Å². The number of nitrogens with two attached hydrogens (primary N) is 1. The first-order chi connectivity index (χ1) is 13.1. The lowest BCUT2D eigenvalue weighted by Gasteiger charge is -2.28. The van der Waals surface area contributed by atoms with Crippen LogP contribution in [0.5, 0.6) is 0 Å². The molecule has 2 aromatic rings. The third-order valence-electron chi connectivity index (χ3n) is 4.36. The van der Waals surface area contributed by atoms with Gasteiger partial charge in [0.25, 0.3) is 0 Å². The third kappa shape index (κ3) is 3.56. The summed E-state index contributed by atoms with van der Waals surface area (Å²) < 4.78 is 10.9. The van der Waals surface area contributed by atoms with Crippen LogP contribution in [0, 0.1) is 18.3 Å². The van der Waals surface area contributed by atoms with Crippen molar-refractivity contribution in [3.05, 3.63) is 88.3 Å². The van der Waals surface area contributed by atoms with Gasteiger partial charge >= 0.3 is 5.97 Å². The van der Waals surface area contributed by atoms with Crippen molar-refractivity contribution in [1.82, 2.24) is 0 Å². The fourth-order valence-corrected chi connectivity index (χ4v) is 3.08. The lowest BCUT2D eigenvalue weighted by Crippen LogP contribution is -2.26. The fourth-order valence-electron chi connectivity index (χ4n) is 3.08. The Bertz CT molecular complexity index is 951. The van der Waals surface area contributed by atoms with Crippen LogP contribution in [0.25, 0.3) is 5.76 Å². The molecule has 136 valence electrons. The van der Waals surface area contributed by atoms with Gasteiger partial charge in [0.2, 0.25) is 5.88 Å². The van der Waals surface area contributed by atoms with Crippen molar-refractivity contribution in [3.63, 3.8) is 0 Å². The Labute approximate surface area is 158 Å². The van der Waals surface area contributed by atoms with Gasteiger partial charge in [-0.25, -0.2) is 4.79 Å². The molecular formula is C22H20N2O3. The summed E-state index contributed by atoms with van der Waals surface area (Å²) in [6, 6.07) is 19.1. The number of esters is 1. The minimum absolute atomic E-state index is 0.0446. The second kappa shape index (κ2) is 7.79. The summed E-state index contributed by atoms with van der Waals surface area (Å²) >= 11 is 0. The van der Waals surface area contributed by atoms with Crippen molar-refractivity contribution >= 4 is 11.7 Å². The maximum atomic E-state index is 12.6. The molecule has 2 aromatic carbocycles. The minimum Gasteiger partial charge on any atom is -0.462 e. The topological polar surface area (TPSA) is 85.3 Å². The average Bonchev–Trinajstić information content (AvgIpc) is 2.68. The summed E-state index contributed by atoms with van der Waals surface area (Å²) in [5, 5.41) is 9.92. The molecule has 1 atom stereocenters. The Balaban J connectivity index is 2.21. The van der Waals surface area contributed by atoms with Crippen molar-refractivity contribution in [2.24, 2.45) is 5.73 Å². The smallest absolute Gasteiger partial charge is 0.340 e. The molecule has 5 heteroatoms. The number of nitriles is 1. The molecule has 3 rings (SSSR count). The number of hydrogen-bond acceptors (Lipinski definition) is 5. The number of benzene rings is 2. The summed E-state index contributed by atoms with van der Waals surface area (Å²) in [6.07, 6.45) is 0. The zero-order valence-electron chi connectivity index (χ0n) is 15.2. The first kappa shape index (κ1) is 18.3. The van der Waals surface area contributed by atoms with E-state index in [1.165, 1.54) is 0 Å². The van der Waals surface area contributed by atoms with Gasteiger partial charge in [-0.3, -0.25) is 0 Å². The lowest BCUT2D eigenvalue weighted by atomic mass is 9.82. The molecule has 0 aromatic heterocycles. The summed E-state index contributed by atoms with van der Waals surface area (Å²) in [6.45, 7) is 3.90. The fraction of sp³-hybridized carbons (Fsp3) is 0.182. The Hall–Kier alpha value is -3.52. The molecule has 1 heterocycles. The van der Waals surface area contributed by atoms with Crippen molar-refractivity contribution in [2.75, 3.05) is 6.61 Å². The molecule has 1 aliphatic rings. The van der Waals surface area contributed by atoms with Gasteiger partial charge < -0.3 is 15.2 Å². The zero-order chi connectivity index (χ0) is 19.4. The van der Waals surface area contributed by atoms with E-state index in [-0.39, 0.29) is 18.1 Å². The van der Waals surface area contributed by atoms with E-state index in [2.05, 4.69) is 6.07 Å². The van der Waals surface area contributed by atoms with Gasteiger partial charge in [-0.05, 0) is 19.4 Å². The number of carbonyl (C=O) groups excluding carboxylic acids is 1. The normalized spacial score (nSPS) is 16.6. The molecule has 27 heavy (non-hydrogen) atoms. The quantitative estimate of drug-likeness (QED) is 0.839. The lowest BCUT2D eigenvalue weighted by molar-refractivity contribution is -0.139. The molecule has 0 saturated carbocycles. The highest BCUT2D eigenvalue weighted by Gasteiger charge is 2.37. The molecule has 0 aliphatic carbocycles. The van der Waals surface area contributed by atoms with E-state index in [0.717, 1.165) is 16.7 Å². The van der Waals surface area contributed by atoms with E-state index in [1.54, 1.807) is 6.92 Å². The molecule has 0 amide bonds. The molecule has 0 radical (unpaired) electrons. The second-order valence-electron chi connectivity index (χ2n) is 6.16. The molecule has 1 unspecified atom stereocenters. The van der Waals surface area contributed by atoms with Gasteiger partial charge in [0.15, 0.2) is 5.76 Å². The van der Waals surface area contributed by atoms with Crippen molar-refractivity contribution in [1.29, 1.82) is 5.26 Å². The predicted molar refractivity (Wildman–Crippen MR) is 102 cm³/mol. The number of carbonyl (C=O) groups is 1. The van der Waals surface area contributed by atoms with Crippen LogP contribution in [0.15, 0.2) is 71.6 Å². The van der Waals surface area contributed by atoms with E-state index < -0.39 is 11.9 Å². The first-order valence-electron chi connectivity index (χ1n) is 8.67. The highest BCUT2D eigenvalue weighted by atomic mass is 16.5. The van der Waals surface area contributed by atoms with Crippen LogP contribution in [0.3, 0.4) is 0 Å². The largest absolute Gasteiger partial charge is 0.462 e. The number of aryl methyl sites for hydroxylation is 1. The average molecular weight is 360 g/mol. The monoisotopic (exact) mass is 360 g/mol. The van der Waals surface area contributed by atoms with Crippen LogP contribution in [0.4, 0.5) is 0 Å². The van der Waals surface area contributed by atoms with E-state index in [9.17, 15) is 10.1 Å². The van der Waals surface area contributed by atoms with E-state index in [4.69, 9.17) is 15.2 Å². The van der Waals surface area contributed by atoms with E-state index in [0.29, 0.717) is 11.3 Å². The van der Waals surface area contributed by atoms with Crippen LogP contribution < -0.4 is 5.73 Å². The number of allylic oxidation sites excluding steroid dienone is 1. The summed E-state index contributed by atoms with van der Waals surface area (Å²) in [5.41, 5.74) is 9.18. The van der Waals surface area contributed by atoms with E-state index >= 15 is 0 Å². The molecule has 0 bridgehead atoms. The number of hydrogen-bond donors (Lipinski definition) is 1. The highest BCUT2D eigenvalue weighted by molar-refractivity contribution is 5.94. The Morgan fingerprint density at radius 2 is 1.85 bits per heavy atom. The van der Waals surface area contributed by atoms with Crippen LogP contribution in [0.2, 0.25) is 0 Å². The Kier molecular flexibility index (Phi) is 5.28. The Morgan fingerprint density at radius 3 is 2.44 bits per heavy atom. The first-order valence-corrected chi connectivity index (χ1v) is 8.67. The zero-order valence-corrected chi connectivity index (χ0v) is 15.2. The SMILES string of the molecule is CCOC(=O)C1=C(N)OC(c2ccc(C)cc2)=C(C#N)C1c1ccccc1. The molecule has 0 fully saturated rings. The van der Waals surface area contributed by atoms with Gasteiger partial charge in [-0.1, -0.05) is 60.2 Å². The van der Waals surface area contributed by atoms with Crippen LogP contribution in [-0.2, 0) is 14.3 Å². The standard InChI is InChI=1S/C22H20N2O3/c1-3-26-22(25)19-18(15-7-5-4-6-8-15)17(13-23)20(27-21(19)24)16-11-9-14(2)10-12-16/h4-12,18H,3,24H2,1-2H3. The molecule has 0 spiro atoms. The van der Waals surface area contributed by atoms with E-state index in [1.807, 2.05) is 61.5 Å². The molecule has 0 saturated heterocycles. The number of ether oxygens (including phenoxy) is 2. The number of rotatable bonds is 4. The van der Waals surface area contributed by atoms with Gasteiger partial charge in [-0.2, -0.15) is 5.26 Å². The second-order valence-corrected chi connectivity index (χ2v) is 6.16. The van der Waals surface area contributed by atoms with Crippen LogP contribution in [0.1, 0.15) is 29.5 Å². The maximum absolute atomic E-state index is 12.6. The summed E-state index contributed by atoms with van der Waals surface area (Å²) in [5.74, 6) is -0.923. The summed E-state index contributed by atoms with van der Waals surface area (Å²) in [7, 11) is 0. The molecule has 1 aliphatic heterocycles. The van der Waals surface area contributed by atoms with Crippen molar-refractivity contribution < 1.29 is 14.3 Å². The van der Waals surface area contributed by atoms with Crippen LogP contribution in [-0.4, -0.2) is 12.6 Å². The molecular weight excluding hydrogens is 340 g/mol. The van der Waals surface area contributed by atoms with Gasteiger partial charge in [-0.15, -0.1) is 0 Å². The molecule has 2 N–H and O–H groups in total. The van der Waals surface area contributed by atoms with Crippen molar-refractivity contribution in [3.8, 4) is 6.07 Å². The predicted octanol–water partition coefficient (Wildman–Crippen LogP) is 3.78. The summed E-state index contributed by atoms with van der Waals surface area (Å²) in [4.78, 5) is 12.6. The Morgan fingerprint density at radius 1 is 1.19 bits per heavy atom. The van der Waals surface area contributed by atoms with Crippen LogP contribution >= 0.6 is 0 Å². The maximum Gasteiger partial charge on any atom is 0.340 e. The third-order valence-corrected chi connectivity index (χ3v) is 4.36. The van der Waals surface area contributed by atoms with Gasteiger partial charge in [0.05, 0.1) is 24.2 Å². The van der Waals surface area contributed by atoms with Crippen molar-refractivity contribution in [2.45, 2.75) is 19.8 Å². The van der Waals surface area contributed by atoms with Gasteiger partial charge in [0, 0.05) is 5.56 Å². The highest BCUT2D eigenvalue weighted by Crippen LogP contribution is 2.42.